The molecule has 6 nitrogen and oxygen atoms in total. The van der Waals surface area contributed by atoms with Crippen molar-refractivity contribution in [2.75, 3.05) is 19.5 Å². The van der Waals surface area contributed by atoms with Crippen LogP contribution in [0.1, 0.15) is 22.9 Å². The first kappa shape index (κ1) is 22.5. The number of hydrogen-bond acceptors (Lipinski definition) is 3. The molecule has 8 heteroatoms. The highest BCUT2D eigenvalue weighted by Crippen LogP contribution is 2.38. The predicted octanol–water partition coefficient (Wildman–Crippen LogP) is 5.91. The van der Waals surface area contributed by atoms with Crippen molar-refractivity contribution in [1.82, 2.24) is 9.47 Å². The number of amides is 2. The summed E-state index contributed by atoms with van der Waals surface area (Å²) in [6, 6.07) is 18.6. The summed E-state index contributed by atoms with van der Waals surface area (Å²) in [5.41, 5.74) is 3.21. The number of aromatic nitrogens is 1. The third-order valence-corrected chi connectivity index (χ3v) is 6.07. The Balaban J connectivity index is 1.64. The average Bonchev–Trinajstić information content (AvgIpc) is 3.27. The van der Waals surface area contributed by atoms with E-state index in [9.17, 15) is 13.6 Å². The largest absolute Gasteiger partial charge is 0.497 e. The van der Waals surface area contributed by atoms with Crippen molar-refractivity contribution >= 4 is 11.7 Å². The summed E-state index contributed by atoms with van der Waals surface area (Å²) >= 11 is 0. The second-order valence-electron chi connectivity index (χ2n) is 8.16. The lowest BCUT2D eigenvalue weighted by atomic mass is 10.0. The highest BCUT2D eigenvalue weighted by atomic mass is 19.1. The zero-order chi connectivity index (χ0) is 24.5. The monoisotopic (exact) mass is 475 g/mol. The highest BCUT2D eigenvalue weighted by molar-refractivity contribution is 5.92. The number of benzene rings is 3. The van der Waals surface area contributed by atoms with Crippen molar-refractivity contribution < 1.29 is 23.0 Å². The first-order valence-electron chi connectivity index (χ1n) is 11.0. The van der Waals surface area contributed by atoms with Crippen LogP contribution in [0.15, 0.2) is 79.0 Å². The van der Waals surface area contributed by atoms with E-state index in [1.54, 1.807) is 23.1 Å². The van der Waals surface area contributed by atoms with E-state index < -0.39 is 23.7 Å². The fraction of sp³-hybridized carbons (Fsp3) is 0.148. The Hall–Kier alpha value is -4.33. The van der Waals surface area contributed by atoms with Crippen LogP contribution < -0.4 is 14.8 Å². The van der Waals surface area contributed by atoms with Crippen LogP contribution >= 0.6 is 0 Å². The normalized spacial score (nSPS) is 14.5. The summed E-state index contributed by atoms with van der Waals surface area (Å²) in [7, 11) is 3.03. The molecule has 0 spiro atoms. The number of carbonyl (C=O) groups excluding carboxylic acids is 1. The molecule has 0 saturated carbocycles. The molecule has 2 amide bonds. The van der Waals surface area contributed by atoms with Gasteiger partial charge in [-0.3, -0.25) is 0 Å². The maximum Gasteiger partial charge on any atom is 0.323 e. The van der Waals surface area contributed by atoms with Gasteiger partial charge in [0.05, 0.1) is 38.2 Å². The maximum atomic E-state index is 14.3. The Morgan fingerprint density at radius 3 is 2.46 bits per heavy atom. The van der Waals surface area contributed by atoms with Gasteiger partial charge in [0.2, 0.25) is 0 Å². The van der Waals surface area contributed by atoms with Gasteiger partial charge in [0.25, 0.3) is 0 Å². The summed E-state index contributed by atoms with van der Waals surface area (Å²) in [4.78, 5) is 15.4. The fourth-order valence-corrected chi connectivity index (χ4v) is 4.52. The van der Waals surface area contributed by atoms with Gasteiger partial charge in [0, 0.05) is 24.0 Å². The van der Waals surface area contributed by atoms with E-state index in [1.165, 1.54) is 26.4 Å². The topological polar surface area (TPSA) is 55.7 Å². The van der Waals surface area contributed by atoms with Crippen LogP contribution in [-0.2, 0) is 6.54 Å². The number of anilines is 1. The summed E-state index contributed by atoms with van der Waals surface area (Å²) in [6.45, 7) is 0.207. The van der Waals surface area contributed by atoms with E-state index in [0.717, 1.165) is 17.3 Å². The van der Waals surface area contributed by atoms with E-state index in [0.29, 0.717) is 28.4 Å². The lowest BCUT2D eigenvalue weighted by molar-refractivity contribution is 0.194. The number of hydrogen-bond donors (Lipinski definition) is 1. The van der Waals surface area contributed by atoms with Gasteiger partial charge in [-0.05, 0) is 53.6 Å². The second kappa shape index (κ2) is 9.13. The van der Waals surface area contributed by atoms with Crippen molar-refractivity contribution in [2.24, 2.45) is 0 Å². The minimum Gasteiger partial charge on any atom is -0.497 e. The summed E-state index contributed by atoms with van der Waals surface area (Å²) in [5, 5.41) is 2.90. The number of halogens is 2. The molecule has 3 aromatic carbocycles. The molecular weight excluding hydrogens is 452 g/mol. The Morgan fingerprint density at radius 1 is 0.943 bits per heavy atom. The van der Waals surface area contributed by atoms with Crippen LogP contribution in [0.4, 0.5) is 19.3 Å². The van der Waals surface area contributed by atoms with Gasteiger partial charge in [-0.25, -0.2) is 13.6 Å². The minimum atomic E-state index is -0.765. The molecule has 0 saturated heterocycles. The summed E-state index contributed by atoms with van der Waals surface area (Å²) in [6.07, 6.45) is 1.88. The Morgan fingerprint density at radius 2 is 1.71 bits per heavy atom. The number of para-hydroxylation sites is 1. The van der Waals surface area contributed by atoms with Gasteiger partial charge < -0.3 is 24.3 Å². The smallest absolute Gasteiger partial charge is 0.323 e. The summed E-state index contributed by atoms with van der Waals surface area (Å²) < 4.78 is 41.3. The van der Waals surface area contributed by atoms with E-state index in [1.807, 2.05) is 47.2 Å². The van der Waals surface area contributed by atoms with Crippen LogP contribution in [0.25, 0.3) is 5.69 Å². The number of urea groups is 1. The van der Waals surface area contributed by atoms with Gasteiger partial charge in [-0.1, -0.05) is 18.2 Å². The van der Waals surface area contributed by atoms with Crippen LogP contribution in [0, 0.1) is 11.6 Å². The van der Waals surface area contributed by atoms with Crippen LogP contribution in [0.5, 0.6) is 11.5 Å². The molecule has 1 aliphatic heterocycles. The Bertz CT molecular complexity index is 1380. The maximum absolute atomic E-state index is 14.3. The summed E-state index contributed by atoms with van der Waals surface area (Å²) in [5.74, 6) is -0.435. The van der Waals surface area contributed by atoms with E-state index in [2.05, 4.69) is 5.32 Å². The van der Waals surface area contributed by atoms with Crippen LogP contribution in [0.2, 0.25) is 0 Å². The molecule has 2 heterocycles. The molecule has 4 aromatic rings. The van der Waals surface area contributed by atoms with Crippen molar-refractivity contribution in [3.05, 3.63) is 107 Å². The Labute approximate surface area is 201 Å². The first-order chi connectivity index (χ1) is 17.0. The van der Waals surface area contributed by atoms with Crippen molar-refractivity contribution in [2.45, 2.75) is 12.6 Å². The zero-order valence-corrected chi connectivity index (χ0v) is 19.2. The van der Waals surface area contributed by atoms with Crippen molar-refractivity contribution in [3.8, 4) is 17.2 Å². The van der Waals surface area contributed by atoms with Crippen molar-refractivity contribution in [3.63, 3.8) is 0 Å². The van der Waals surface area contributed by atoms with Gasteiger partial charge in [-0.15, -0.1) is 0 Å². The molecule has 0 bridgehead atoms. The molecule has 35 heavy (non-hydrogen) atoms. The van der Waals surface area contributed by atoms with Gasteiger partial charge in [0.1, 0.15) is 23.1 Å². The number of rotatable bonds is 4. The molecule has 0 fully saturated rings. The first-order valence-corrected chi connectivity index (χ1v) is 11.0. The third kappa shape index (κ3) is 4.19. The molecule has 0 aliphatic carbocycles. The third-order valence-electron chi connectivity index (χ3n) is 6.07. The predicted molar refractivity (Wildman–Crippen MR) is 128 cm³/mol. The number of nitrogens with one attached hydrogen (secondary N) is 1. The molecule has 1 aliphatic rings. The number of carbonyl (C=O) groups is 1. The number of fused-ring (bicyclic) bond motifs is 3. The van der Waals surface area contributed by atoms with Gasteiger partial charge >= 0.3 is 6.03 Å². The molecule has 5 rings (SSSR count). The highest BCUT2D eigenvalue weighted by Gasteiger charge is 2.34. The Kier molecular flexibility index (Phi) is 5.86. The lowest BCUT2D eigenvalue weighted by Crippen LogP contribution is -2.38. The quantitative estimate of drug-likeness (QED) is 0.399. The van der Waals surface area contributed by atoms with E-state index in [4.69, 9.17) is 9.47 Å². The molecule has 1 N–H and O–H groups in total. The number of ether oxygens (including phenoxy) is 2. The molecular formula is C27H23F2N3O3. The lowest BCUT2D eigenvalue weighted by Gasteiger charge is -2.31. The standard InChI is InChI=1S/C27H23F2N3O3/c1-34-21-9-10-25(35-2)22(15-21)30-27(33)32-16-17-6-3-4-7-23(17)31-11-5-8-24(31)26(32)18-12-19(28)14-20(29)13-18/h3-15,26H,16H2,1-2H3,(H,30,33). The zero-order valence-electron chi connectivity index (χ0n) is 19.2. The van der Waals surface area contributed by atoms with Gasteiger partial charge in [0.15, 0.2) is 0 Å². The number of nitrogens with zero attached hydrogens (tertiary/aromatic N) is 2. The van der Waals surface area contributed by atoms with E-state index in [-0.39, 0.29) is 6.54 Å². The second-order valence-corrected chi connectivity index (χ2v) is 8.16. The molecule has 1 atom stereocenters. The van der Waals surface area contributed by atoms with Crippen LogP contribution in [0.3, 0.4) is 0 Å². The number of methoxy groups -OCH3 is 2. The molecule has 0 radical (unpaired) electrons. The molecule has 178 valence electrons. The average molecular weight is 475 g/mol. The molecule has 1 aromatic heterocycles. The van der Waals surface area contributed by atoms with Crippen LogP contribution in [-0.4, -0.2) is 29.7 Å². The fourth-order valence-electron chi connectivity index (χ4n) is 4.52. The van der Waals surface area contributed by atoms with E-state index >= 15 is 0 Å². The van der Waals surface area contributed by atoms with Crippen molar-refractivity contribution in [1.29, 1.82) is 0 Å². The van der Waals surface area contributed by atoms with Gasteiger partial charge in [-0.2, -0.15) is 0 Å². The minimum absolute atomic E-state index is 0.207. The SMILES string of the molecule is COc1ccc(OC)c(NC(=O)N2Cc3ccccc3-n3cccc3C2c2cc(F)cc(F)c2)c1. The molecule has 1 unspecified atom stereocenters.